The number of rotatable bonds is 3. The van der Waals surface area contributed by atoms with Gasteiger partial charge in [0.25, 0.3) is 0 Å². The van der Waals surface area contributed by atoms with Crippen LogP contribution in [0, 0.1) is 0 Å². The molecule has 1 heterocycles. The van der Waals surface area contributed by atoms with Crippen molar-refractivity contribution in [1.29, 1.82) is 0 Å². The molecule has 0 aromatic rings. The summed E-state index contributed by atoms with van der Waals surface area (Å²) in [6.45, 7) is 2.66. The van der Waals surface area contributed by atoms with Gasteiger partial charge in [0.05, 0.1) is 6.10 Å². The zero-order valence-electron chi connectivity index (χ0n) is 9.60. The van der Waals surface area contributed by atoms with Gasteiger partial charge in [-0.2, -0.15) is 0 Å². The minimum absolute atomic E-state index is 0.209. The van der Waals surface area contributed by atoms with Crippen LogP contribution in [0.15, 0.2) is 0 Å². The lowest BCUT2D eigenvalue weighted by Crippen LogP contribution is -2.49. The fourth-order valence-corrected chi connectivity index (χ4v) is 1.63. The van der Waals surface area contributed by atoms with Crippen molar-refractivity contribution in [3.63, 3.8) is 0 Å². The van der Waals surface area contributed by atoms with Gasteiger partial charge in [-0.3, -0.25) is 4.79 Å². The number of nitrogens with zero attached hydrogens (tertiary/aromatic N) is 1. The third-order valence-corrected chi connectivity index (χ3v) is 2.77. The lowest BCUT2D eigenvalue weighted by Gasteiger charge is -2.31. The van der Waals surface area contributed by atoms with Crippen molar-refractivity contribution in [2.75, 3.05) is 20.2 Å². The minimum atomic E-state index is -1.03. The number of carbonyl (C=O) groups is 2. The van der Waals surface area contributed by atoms with E-state index in [4.69, 9.17) is 9.84 Å². The Hall–Kier alpha value is -1.30. The maximum Gasteiger partial charge on any atom is 0.325 e. The summed E-state index contributed by atoms with van der Waals surface area (Å²) in [5.41, 5.74) is 0. The third kappa shape index (κ3) is 3.37. The van der Waals surface area contributed by atoms with E-state index in [2.05, 4.69) is 5.32 Å². The van der Waals surface area contributed by atoms with E-state index in [9.17, 15) is 9.59 Å². The average molecular weight is 230 g/mol. The molecular weight excluding hydrogens is 212 g/mol. The lowest BCUT2D eigenvalue weighted by atomic mass is 10.1. The van der Waals surface area contributed by atoms with E-state index in [1.165, 1.54) is 6.92 Å². The van der Waals surface area contributed by atoms with Gasteiger partial charge >= 0.3 is 12.0 Å². The number of carboxylic acid groups (broad SMARTS) is 1. The van der Waals surface area contributed by atoms with Gasteiger partial charge in [-0.15, -0.1) is 0 Å². The van der Waals surface area contributed by atoms with Crippen LogP contribution in [-0.2, 0) is 9.53 Å². The molecule has 92 valence electrons. The van der Waals surface area contributed by atoms with Crippen LogP contribution >= 0.6 is 0 Å². The molecule has 0 bridgehead atoms. The van der Waals surface area contributed by atoms with E-state index in [0.717, 1.165) is 12.8 Å². The molecule has 0 saturated carbocycles. The molecule has 2 amide bonds. The smallest absolute Gasteiger partial charge is 0.325 e. The van der Waals surface area contributed by atoms with E-state index in [-0.39, 0.29) is 12.1 Å². The second kappa shape index (κ2) is 5.69. The number of nitrogens with one attached hydrogen (secondary N) is 1. The number of hydrogen-bond acceptors (Lipinski definition) is 3. The predicted octanol–water partition coefficient (Wildman–Crippen LogP) is 0.280. The predicted molar refractivity (Wildman–Crippen MR) is 57.2 cm³/mol. The van der Waals surface area contributed by atoms with Crippen LogP contribution in [-0.4, -0.2) is 54.4 Å². The zero-order valence-corrected chi connectivity index (χ0v) is 9.60. The molecule has 0 aromatic heterocycles. The number of carboxylic acids is 1. The second-order valence-electron chi connectivity index (χ2n) is 3.93. The Kier molecular flexibility index (Phi) is 4.54. The van der Waals surface area contributed by atoms with Gasteiger partial charge in [-0.05, 0) is 19.8 Å². The number of methoxy groups -OCH3 is 1. The molecule has 2 N–H and O–H groups in total. The molecule has 1 aliphatic rings. The zero-order chi connectivity index (χ0) is 12.1. The highest BCUT2D eigenvalue weighted by Crippen LogP contribution is 2.12. The van der Waals surface area contributed by atoms with Gasteiger partial charge < -0.3 is 20.1 Å². The normalized spacial score (nSPS) is 19.2. The molecule has 1 rings (SSSR count). The molecule has 0 aromatic carbocycles. The molecule has 16 heavy (non-hydrogen) atoms. The van der Waals surface area contributed by atoms with Gasteiger partial charge in [0.1, 0.15) is 6.04 Å². The summed E-state index contributed by atoms with van der Waals surface area (Å²) in [5.74, 6) is -1.03. The highest BCUT2D eigenvalue weighted by Gasteiger charge is 2.24. The van der Waals surface area contributed by atoms with Gasteiger partial charge in [0.15, 0.2) is 0 Å². The molecule has 0 spiro atoms. The summed E-state index contributed by atoms with van der Waals surface area (Å²) >= 11 is 0. The summed E-state index contributed by atoms with van der Waals surface area (Å²) < 4.78 is 5.19. The fraction of sp³-hybridized carbons (Fsp3) is 0.800. The Balaban J connectivity index is 2.36. The summed E-state index contributed by atoms with van der Waals surface area (Å²) in [4.78, 5) is 23.8. The maximum absolute atomic E-state index is 11.6. The number of aliphatic carboxylic acids is 1. The van der Waals surface area contributed by atoms with Crippen LogP contribution in [0.1, 0.15) is 19.8 Å². The number of hydrogen-bond donors (Lipinski definition) is 2. The monoisotopic (exact) mass is 230 g/mol. The Morgan fingerprint density at radius 3 is 2.44 bits per heavy atom. The van der Waals surface area contributed by atoms with Gasteiger partial charge in [-0.25, -0.2) is 4.79 Å². The van der Waals surface area contributed by atoms with E-state index < -0.39 is 12.0 Å². The van der Waals surface area contributed by atoms with Crippen molar-refractivity contribution < 1.29 is 19.4 Å². The van der Waals surface area contributed by atoms with E-state index in [1.807, 2.05) is 0 Å². The third-order valence-electron chi connectivity index (χ3n) is 2.77. The van der Waals surface area contributed by atoms with E-state index >= 15 is 0 Å². The topological polar surface area (TPSA) is 78.9 Å². The number of ether oxygens (including phenoxy) is 1. The first-order valence-corrected chi connectivity index (χ1v) is 5.35. The standard InChI is InChI=1S/C10H18N2O4/c1-7(9(13)14)11-10(15)12-5-3-8(16-2)4-6-12/h7-8H,3-6H2,1-2H3,(H,11,15)(H,13,14). The summed E-state index contributed by atoms with van der Waals surface area (Å²) in [7, 11) is 1.66. The maximum atomic E-state index is 11.6. The molecule has 1 fully saturated rings. The Bertz CT molecular complexity index is 262. The molecular formula is C10H18N2O4. The molecule has 1 unspecified atom stereocenters. The van der Waals surface area contributed by atoms with Crippen LogP contribution in [0.5, 0.6) is 0 Å². The SMILES string of the molecule is COC1CCN(C(=O)NC(C)C(=O)O)CC1. The van der Waals surface area contributed by atoms with Crippen molar-refractivity contribution in [1.82, 2.24) is 10.2 Å². The highest BCUT2D eigenvalue weighted by atomic mass is 16.5. The van der Waals surface area contributed by atoms with Crippen molar-refractivity contribution in [3.8, 4) is 0 Å². The summed E-state index contributed by atoms with van der Waals surface area (Å²) in [6, 6.07) is -1.17. The average Bonchev–Trinajstić information content (AvgIpc) is 2.28. The van der Waals surface area contributed by atoms with Crippen molar-refractivity contribution in [3.05, 3.63) is 0 Å². The Morgan fingerprint density at radius 2 is 2.00 bits per heavy atom. The summed E-state index contributed by atoms with van der Waals surface area (Å²) in [5, 5.41) is 11.1. The van der Waals surface area contributed by atoms with Gasteiger partial charge in [0.2, 0.25) is 0 Å². The van der Waals surface area contributed by atoms with Crippen LogP contribution < -0.4 is 5.32 Å². The van der Waals surface area contributed by atoms with Crippen molar-refractivity contribution in [2.45, 2.75) is 31.9 Å². The van der Waals surface area contributed by atoms with E-state index in [0.29, 0.717) is 13.1 Å². The van der Waals surface area contributed by atoms with Crippen molar-refractivity contribution >= 4 is 12.0 Å². The Labute approximate surface area is 94.6 Å². The van der Waals surface area contributed by atoms with Gasteiger partial charge in [0, 0.05) is 20.2 Å². The van der Waals surface area contributed by atoms with Crippen molar-refractivity contribution in [2.24, 2.45) is 0 Å². The minimum Gasteiger partial charge on any atom is -0.480 e. The van der Waals surface area contributed by atoms with Crippen LogP contribution in [0.2, 0.25) is 0 Å². The molecule has 0 radical (unpaired) electrons. The first-order chi connectivity index (χ1) is 7.54. The lowest BCUT2D eigenvalue weighted by molar-refractivity contribution is -0.138. The molecule has 1 saturated heterocycles. The molecule has 0 aliphatic carbocycles. The fourth-order valence-electron chi connectivity index (χ4n) is 1.63. The Morgan fingerprint density at radius 1 is 1.44 bits per heavy atom. The highest BCUT2D eigenvalue weighted by molar-refractivity contribution is 5.82. The molecule has 6 nitrogen and oxygen atoms in total. The van der Waals surface area contributed by atoms with Crippen LogP contribution in [0.3, 0.4) is 0 Å². The first kappa shape index (κ1) is 12.8. The quantitative estimate of drug-likeness (QED) is 0.730. The second-order valence-corrected chi connectivity index (χ2v) is 3.93. The summed E-state index contributed by atoms with van der Waals surface area (Å²) in [6.07, 6.45) is 1.80. The number of carbonyl (C=O) groups excluding carboxylic acids is 1. The number of amides is 2. The van der Waals surface area contributed by atoms with Gasteiger partial charge in [-0.1, -0.05) is 0 Å². The number of urea groups is 1. The number of piperidine rings is 1. The largest absolute Gasteiger partial charge is 0.480 e. The molecule has 1 atom stereocenters. The molecule has 6 heteroatoms. The molecule has 1 aliphatic heterocycles. The van der Waals surface area contributed by atoms with Crippen LogP contribution in [0.4, 0.5) is 4.79 Å². The van der Waals surface area contributed by atoms with E-state index in [1.54, 1.807) is 12.0 Å². The first-order valence-electron chi connectivity index (χ1n) is 5.35. The number of likely N-dealkylation sites (tertiary alicyclic amines) is 1. The van der Waals surface area contributed by atoms with Crippen LogP contribution in [0.25, 0.3) is 0 Å².